The molecule has 2 fully saturated rings. The Morgan fingerprint density at radius 2 is 1.83 bits per heavy atom. The SMILES string of the molecule is COC1=CC2=CC[C@@H]3[C@H]4CC[C@@H]([C@@H](C)CCCC(C)C)[C@]4(C)CC[C@H]3[C@@]2(C)CC1. The smallest absolute Gasteiger partial charge is 0.0958 e. The molecule has 0 bridgehead atoms. The molecule has 0 aromatic rings. The van der Waals surface area contributed by atoms with Crippen LogP contribution in [0, 0.1) is 46.3 Å². The summed E-state index contributed by atoms with van der Waals surface area (Å²) in [6.07, 6.45) is 19.0. The van der Waals surface area contributed by atoms with E-state index in [1.54, 1.807) is 5.57 Å². The monoisotopic (exact) mass is 398 g/mol. The minimum Gasteiger partial charge on any atom is -0.501 e. The van der Waals surface area contributed by atoms with Crippen molar-refractivity contribution in [2.75, 3.05) is 7.11 Å². The second-order valence-electron chi connectivity index (χ2n) is 12.0. The zero-order valence-corrected chi connectivity index (χ0v) is 20.1. The van der Waals surface area contributed by atoms with E-state index in [2.05, 4.69) is 46.8 Å². The molecule has 1 nitrogen and oxygen atoms in total. The van der Waals surface area contributed by atoms with Crippen molar-refractivity contribution in [2.24, 2.45) is 46.3 Å². The standard InChI is InChI=1S/C28H46O/c1-19(2)8-7-9-20(3)24-12-13-25-23-11-10-21-18-22(29-6)14-16-27(21,4)26(23)15-17-28(24,25)5/h10,18-20,23-26H,7-9,11-17H2,1-6H3/t20-,23+,24-,25+,26+,27-,28-/m0/s1. The zero-order valence-electron chi connectivity index (χ0n) is 20.1. The van der Waals surface area contributed by atoms with Crippen LogP contribution in [0.4, 0.5) is 0 Å². The minimum absolute atomic E-state index is 0.396. The fourth-order valence-corrected chi connectivity index (χ4v) is 8.49. The third-order valence-corrected chi connectivity index (χ3v) is 10.2. The molecule has 0 N–H and O–H groups in total. The summed E-state index contributed by atoms with van der Waals surface area (Å²) in [5.41, 5.74) is 2.59. The van der Waals surface area contributed by atoms with Crippen molar-refractivity contribution in [1.29, 1.82) is 0 Å². The molecule has 4 rings (SSSR count). The van der Waals surface area contributed by atoms with Crippen LogP contribution in [-0.4, -0.2) is 7.11 Å². The molecule has 29 heavy (non-hydrogen) atoms. The van der Waals surface area contributed by atoms with Gasteiger partial charge in [0.05, 0.1) is 12.9 Å². The van der Waals surface area contributed by atoms with E-state index in [0.29, 0.717) is 10.8 Å². The van der Waals surface area contributed by atoms with Crippen LogP contribution >= 0.6 is 0 Å². The molecule has 0 amide bonds. The van der Waals surface area contributed by atoms with Gasteiger partial charge >= 0.3 is 0 Å². The summed E-state index contributed by atoms with van der Waals surface area (Å²) in [5, 5.41) is 0. The van der Waals surface area contributed by atoms with Crippen LogP contribution in [-0.2, 0) is 4.74 Å². The van der Waals surface area contributed by atoms with Crippen LogP contribution < -0.4 is 0 Å². The van der Waals surface area contributed by atoms with E-state index in [9.17, 15) is 0 Å². The molecule has 0 aromatic heterocycles. The van der Waals surface area contributed by atoms with Gasteiger partial charge in [-0.2, -0.15) is 0 Å². The van der Waals surface area contributed by atoms with Gasteiger partial charge in [-0.1, -0.05) is 60.0 Å². The maximum Gasteiger partial charge on any atom is 0.0958 e. The van der Waals surface area contributed by atoms with E-state index < -0.39 is 0 Å². The average molecular weight is 399 g/mol. The Hall–Kier alpha value is -0.720. The summed E-state index contributed by atoms with van der Waals surface area (Å²) in [7, 11) is 1.84. The number of fused-ring (bicyclic) bond motifs is 5. The van der Waals surface area contributed by atoms with Crippen molar-refractivity contribution in [3.63, 3.8) is 0 Å². The van der Waals surface area contributed by atoms with Crippen molar-refractivity contribution in [1.82, 2.24) is 0 Å². The molecule has 0 radical (unpaired) electrons. The molecular weight excluding hydrogens is 352 g/mol. The van der Waals surface area contributed by atoms with E-state index in [1.165, 1.54) is 63.5 Å². The lowest BCUT2D eigenvalue weighted by Crippen LogP contribution is -2.49. The Morgan fingerprint density at radius 3 is 2.55 bits per heavy atom. The molecule has 0 saturated heterocycles. The predicted molar refractivity (Wildman–Crippen MR) is 124 cm³/mol. The number of hydrogen-bond acceptors (Lipinski definition) is 1. The largest absolute Gasteiger partial charge is 0.501 e. The summed E-state index contributed by atoms with van der Waals surface area (Å²) in [5.74, 6) is 6.71. The summed E-state index contributed by atoms with van der Waals surface area (Å²) >= 11 is 0. The van der Waals surface area contributed by atoms with E-state index in [4.69, 9.17) is 4.74 Å². The first-order valence-corrected chi connectivity index (χ1v) is 12.7. The van der Waals surface area contributed by atoms with E-state index in [0.717, 1.165) is 41.9 Å². The first-order valence-electron chi connectivity index (χ1n) is 12.7. The van der Waals surface area contributed by atoms with Crippen LogP contribution in [0.5, 0.6) is 0 Å². The lowest BCUT2D eigenvalue weighted by atomic mass is 9.47. The molecule has 4 aliphatic rings. The van der Waals surface area contributed by atoms with Crippen LogP contribution in [0.2, 0.25) is 0 Å². The van der Waals surface area contributed by atoms with Gasteiger partial charge in [0.2, 0.25) is 0 Å². The molecule has 7 atom stereocenters. The Morgan fingerprint density at radius 1 is 1.03 bits per heavy atom. The van der Waals surface area contributed by atoms with Crippen LogP contribution in [0.15, 0.2) is 23.5 Å². The van der Waals surface area contributed by atoms with Crippen molar-refractivity contribution < 1.29 is 4.74 Å². The van der Waals surface area contributed by atoms with E-state index >= 15 is 0 Å². The van der Waals surface area contributed by atoms with Gasteiger partial charge in [0, 0.05) is 6.42 Å². The maximum absolute atomic E-state index is 5.61. The highest BCUT2D eigenvalue weighted by Gasteiger charge is 2.58. The maximum atomic E-state index is 5.61. The van der Waals surface area contributed by atoms with Gasteiger partial charge in [0.15, 0.2) is 0 Å². The summed E-state index contributed by atoms with van der Waals surface area (Å²) in [4.78, 5) is 0. The fourth-order valence-electron chi connectivity index (χ4n) is 8.49. The molecule has 4 aliphatic carbocycles. The number of ether oxygens (including phenoxy) is 1. The Kier molecular flexibility index (Phi) is 6.00. The lowest BCUT2D eigenvalue weighted by molar-refractivity contribution is -0.0465. The zero-order chi connectivity index (χ0) is 20.8. The highest BCUT2D eigenvalue weighted by atomic mass is 16.5. The molecule has 0 aliphatic heterocycles. The molecule has 164 valence electrons. The Labute approximate surface area is 180 Å². The molecule has 0 heterocycles. The van der Waals surface area contributed by atoms with Gasteiger partial charge in [-0.15, -0.1) is 0 Å². The van der Waals surface area contributed by atoms with Gasteiger partial charge in [-0.25, -0.2) is 0 Å². The second-order valence-corrected chi connectivity index (χ2v) is 12.0. The molecule has 0 unspecified atom stereocenters. The minimum atomic E-state index is 0.396. The highest BCUT2D eigenvalue weighted by Crippen LogP contribution is 2.67. The Balaban J connectivity index is 1.51. The second kappa shape index (κ2) is 8.08. The van der Waals surface area contributed by atoms with Crippen molar-refractivity contribution in [2.45, 2.75) is 98.8 Å². The van der Waals surface area contributed by atoms with Gasteiger partial charge in [0.1, 0.15) is 0 Å². The summed E-state index contributed by atoms with van der Waals surface area (Å²) < 4.78 is 5.61. The quantitative estimate of drug-likeness (QED) is 0.438. The van der Waals surface area contributed by atoms with E-state index in [1.807, 2.05) is 7.11 Å². The van der Waals surface area contributed by atoms with Gasteiger partial charge < -0.3 is 4.74 Å². The van der Waals surface area contributed by atoms with Crippen LogP contribution in [0.1, 0.15) is 98.8 Å². The molecule has 2 saturated carbocycles. The molecule has 0 spiro atoms. The number of allylic oxidation sites excluding steroid dienone is 4. The van der Waals surface area contributed by atoms with Crippen molar-refractivity contribution in [3.05, 3.63) is 23.5 Å². The number of methoxy groups -OCH3 is 1. The summed E-state index contributed by atoms with van der Waals surface area (Å²) in [6, 6.07) is 0. The first kappa shape index (κ1) is 21.5. The average Bonchev–Trinajstić information content (AvgIpc) is 3.04. The normalized spacial score (nSPS) is 42.4. The lowest BCUT2D eigenvalue weighted by Gasteiger charge is -2.57. The van der Waals surface area contributed by atoms with Gasteiger partial charge in [0.25, 0.3) is 0 Å². The molecule has 1 heteroatoms. The third-order valence-electron chi connectivity index (χ3n) is 10.2. The number of hydrogen-bond donors (Lipinski definition) is 0. The summed E-state index contributed by atoms with van der Waals surface area (Å²) in [6.45, 7) is 12.6. The Bertz CT molecular complexity index is 657. The van der Waals surface area contributed by atoms with Crippen molar-refractivity contribution in [3.8, 4) is 0 Å². The van der Waals surface area contributed by atoms with Crippen molar-refractivity contribution >= 4 is 0 Å². The third kappa shape index (κ3) is 3.63. The van der Waals surface area contributed by atoms with Crippen LogP contribution in [0.3, 0.4) is 0 Å². The molecule has 0 aromatic carbocycles. The number of rotatable bonds is 6. The fraction of sp³-hybridized carbons (Fsp3) is 0.857. The van der Waals surface area contributed by atoms with Crippen LogP contribution in [0.25, 0.3) is 0 Å². The molecular formula is C28H46O. The van der Waals surface area contributed by atoms with Gasteiger partial charge in [-0.05, 0) is 96.5 Å². The predicted octanol–water partition coefficient (Wildman–Crippen LogP) is 8.17. The van der Waals surface area contributed by atoms with Gasteiger partial charge in [-0.3, -0.25) is 0 Å². The van der Waals surface area contributed by atoms with E-state index in [-0.39, 0.29) is 0 Å². The topological polar surface area (TPSA) is 9.23 Å². The first-order chi connectivity index (χ1) is 13.8. The highest BCUT2D eigenvalue weighted by molar-refractivity contribution is 5.35.